The summed E-state index contributed by atoms with van der Waals surface area (Å²) in [5.74, 6) is 4.91. The van der Waals surface area contributed by atoms with E-state index in [9.17, 15) is 14.7 Å². The Morgan fingerprint density at radius 3 is 2.52 bits per heavy atom. The van der Waals surface area contributed by atoms with E-state index in [2.05, 4.69) is 11.8 Å². The van der Waals surface area contributed by atoms with Gasteiger partial charge < -0.3 is 19.5 Å². The van der Waals surface area contributed by atoms with Crippen molar-refractivity contribution in [3.63, 3.8) is 0 Å². The highest BCUT2D eigenvalue weighted by Gasteiger charge is 2.14. The normalized spacial score (nSPS) is 10.8. The van der Waals surface area contributed by atoms with Crippen molar-refractivity contribution in [3.05, 3.63) is 65.4 Å². The molecule has 0 fully saturated rings. The monoisotopic (exact) mass is 445 g/mol. The molecule has 6 nitrogen and oxygen atoms in total. The van der Waals surface area contributed by atoms with E-state index >= 15 is 0 Å². The molecule has 0 bridgehead atoms. The Kier molecular flexibility index (Phi) is 8.31. The number of carboxylic acids is 2. The second-order valence-electron chi connectivity index (χ2n) is 7.56. The van der Waals surface area contributed by atoms with Crippen LogP contribution < -0.4 is 4.74 Å². The average Bonchev–Trinajstić information content (AvgIpc) is 3.13. The van der Waals surface area contributed by atoms with Crippen LogP contribution in [-0.4, -0.2) is 33.3 Å². The van der Waals surface area contributed by atoms with Crippen LogP contribution in [0.4, 0.5) is 0 Å². The summed E-state index contributed by atoms with van der Waals surface area (Å²) in [6, 6.07) is 13.5. The van der Waals surface area contributed by atoms with Gasteiger partial charge in [0, 0.05) is 36.5 Å². The molecule has 3 aromatic rings. The maximum atomic E-state index is 11.4. The van der Waals surface area contributed by atoms with Crippen molar-refractivity contribution in [2.24, 2.45) is 0 Å². The van der Waals surface area contributed by atoms with Gasteiger partial charge in [-0.2, -0.15) is 0 Å². The summed E-state index contributed by atoms with van der Waals surface area (Å²) in [5.41, 5.74) is 3.51. The molecule has 0 aliphatic rings. The van der Waals surface area contributed by atoms with Gasteiger partial charge in [-0.1, -0.05) is 49.3 Å². The molecule has 6 heteroatoms. The Bertz CT molecular complexity index is 1210. The fraction of sp³-hybridized carbons (Fsp3) is 0.259. The van der Waals surface area contributed by atoms with Gasteiger partial charge in [0.05, 0.1) is 6.42 Å². The SMILES string of the molecule is CCC#CCOc1ccc(C=Cc2cccc3c2c(CC(=O)O)cn3CCCC(=O)O)cc1. The fourth-order valence-electron chi connectivity index (χ4n) is 3.65. The summed E-state index contributed by atoms with van der Waals surface area (Å²) in [5, 5.41) is 19.2. The summed E-state index contributed by atoms with van der Waals surface area (Å²) in [6.07, 6.45) is 7.02. The van der Waals surface area contributed by atoms with E-state index in [-0.39, 0.29) is 12.8 Å². The van der Waals surface area contributed by atoms with Gasteiger partial charge in [-0.3, -0.25) is 9.59 Å². The summed E-state index contributed by atoms with van der Waals surface area (Å²) in [4.78, 5) is 22.3. The molecule has 0 atom stereocenters. The third-order valence-corrected chi connectivity index (χ3v) is 5.10. The van der Waals surface area contributed by atoms with Crippen LogP contribution in [-0.2, 0) is 22.6 Å². The molecular weight excluding hydrogens is 418 g/mol. The van der Waals surface area contributed by atoms with Crippen LogP contribution >= 0.6 is 0 Å². The molecule has 2 aromatic carbocycles. The third-order valence-electron chi connectivity index (χ3n) is 5.10. The molecule has 3 rings (SSSR count). The highest BCUT2D eigenvalue weighted by atomic mass is 16.5. The van der Waals surface area contributed by atoms with Gasteiger partial charge in [-0.15, -0.1) is 5.92 Å². The van der Waals surface area contributed by atoms with Gasteiger partial charge in [0.1, 0.15) is 12.4 Å². The van der Waals surface area contributed by atoms with Crippen molar-refractivity contribution in [1.82, 2.24) is 4.57 Å². The van der Waals surface area contributed by atoms with Crippen molar-refractivity contribution < 1.29 is 24.5 Å². The zero-order chi connectivity index (χ0) is 23.6. The van der Waals surface area contributed by atoms with Gasteiger partial charge in [-0.25, -0.2) is 0 Å². The van der Waals surface area contributed by atoms with Gasteiger partial charge >= 0.3 is 11.9 Å². The van der Waals surface area contributed by atoms with E-state index in [0.29, 0.717) is 25.1 Å². The summed E-state index contributed by atoms with van der Waals surface area (Å²) >= 11 is 0. The standard InChI is InChI=1S/C27H27NO5/c1-2-3-4-17-33-23-14-11-20(12-15-23)10-13-21-7-5-8-24-27(21)22(18-26(31)32)19-28(24)16-6-9-25(29)30/h5,7-8,10-15,19H,2,6,9,16-18H2,1H3,(H,29,30)(H,31,32). The Labute approximate surface area is 193 Å². The molecule has 1 aromatic heterocycles. The number of nitrogens with zero attached hydrogens (tertiary/aromatic N) is 1. The zero-order valence-electron chi connectivity index (χ0n) is 18.6. The van der Waals surface area contributed by atoms with Crippen LogP contribution in [0.15, 0.2) is 48.7 Å². The van der Waals surface area contributed by atoms with Crippen LogP contribution in [0.3, 0.4) is 0 Å². The lowest BCUT2D eigenvalue weighted by atomic mass is 10.0. The molecule has 0 saturated carbocycles. The van der Waals surface area contributed by atoms with Crippen LogP contribution in [0.25, 0.3) is 23.1 Å². The van der Waals surface area contributed by atoms with Crippen LogP contribution in [0.2, 0.25) is 0 Å². The van der Waals surface area contributed by atoms with E-state index in [1.54, 1.807) is 0 Å². The van der Waals surface area contributed by atoms with Crippen LogP contribution in [0.5, 0.6) is 5.75 Å². The largest absolute Gasteiger partial charge is 0.481 e. The van der Waals surface area contributed by atoms with Crippen molar-refractivity contribution >= 4 is 35.0 Å². The summed E-state index contributed by atoms with van der Waals surface area (Å²) < 4.78 is 7.54. The van der Waals surface area contributed by atoms with Crippen LogP contribution in [0.1, 0.15) is 42.9 Å². The fourth-order valence-corrected chi connectivity index (χ4v) is 3.65. The van der Waals surface area contributed by atoms with Gasteiger partial charge in [0.2, 0.25) is 0 Å². The Morgan fingerprint density at radius 2 is 1.82 bits per heavy atom. The van der Waals surface area contributed by atoms with E-state index in [1.165, 1.54) is 0 Å². The predicted molar refractivity (Wildman–Crippen MR) is 129 cm³/mol. The highest BCUT2D eigenvalue weighted by molar-refractivity contribution is 5.96. The minimum absolute atomic E-state index is 0.0679. The topological polar surface area (TPSA) is 88.8 Å². The summed E-state index contributed by atoms with van der Waals surface area (Å²) in [7, 11) is 0. The van der Waals surface area contributed by atoms with E-state index in [4.69, 9.17) is 9.84 Å². The zero-order valence-corrected chi connectivity index (χ0v) is 18.6. The molecule has 0 saturated heterocycles. The maximum Gasteiger partial charge on any atom is 0.307 e. The van der Waals surface area contributed by atoms with Crippen molar-refractivity contribution in [2.45, 2.75) is 39.2 Å². The lowest BCUT2D eigenvalue weighted by Crippen LogP contribution is -2.01. The first-order chi connectivity index (χ1) is 16.0. The van der Waals surface area contributed by atoms with Crippen molar-refractivity contribution in [2.75, 3.05) is 6.61 Å². The molecule has 0 radical (unpaired) electrons. The molecule has 33 heavy (non-hydrogen) atoms. The number of carboxylic acid groups (broad SMARTS) is 2. The Balaban J connectivity index is 1.84. The van der Waals surface area contributed by atoms with Gasteiger partial charge in [0.25, 0.3) is 0 Å². The Morgan fingerprint density at radius 1 is 1.03 bits per heavy atom. The third kappa shape index (κ3) is 6.75. The lowest BCUT2D eigenvalue weighted by Gasteiger charge is -2.05. The summed E-state index contributed by atoms with van der Waals surface area (Å²) in [6.45, 7) is 2.87. The highest BCUT2D eigenvalue weighted by Crippen LogP contribution is 2.28. The average molecular weight is 446 g/mol. The predicted octanol–water partition coefficient (Wildman–Crippen LogP) is 5.10. The lowest BCUT2D eigenvalue weighted by molar-refractivity contribution is -0.137. The minimum Gasteiger partial charge on any atom is -0.481 e. The first-order valence-electron chi connectivity index (χ1n) is 10.9. The second-order valence-corrected chi connectivity index (χ2v) is 7.56. The molecule has 0 spiro atoms. The number of aromatic nitrogens is 1. The molecule has 0 aliphatic heterocycles. The first-order valence-corrected chi connectivity index (χ1v) is 10.9. The number of aryl methyl sites for hydroxylation is 1. The minimum atomic E-state index is -0.905. The van der Waals surface area contributed by atoms with Crippen LogP contribution in [0, 0.1) is 11.8 Å². The molecule has 170 valence electrons. The van der Waals surface area contributed by atoms with Crippen molar-refractivity contribution in [1.29, 1.82) is 0 Å². The van der Waals surface area contributed by atoms with E-state index in [1.807, 2.05) is 72.3 Å². The van der Waals surface area contributed by atoms with Crippen molar-refractivity contribution in [3.8, 4) is 17.6 Å². The van der Waals surface area contributed by atoms with Gasteiger partial charge in [-0.05, 0) is 41.3 Å². The molecule has 2 N–H and O–H groups in total. The van der Waals surface area contributed by atoms with Gasteiger partial charge in [0.15, 0.2) is 0 Å². The smallest absolute Gasteiger partial charge is 0.307 e. The number of rotatable bonds is 10. The quantitative estimate of drug-likeness (QED) is 0.335. The first kappa shape index (κ1) is 23.7. The number of ether oxygens (including phenoxy) is 1. The number of fused-ring (bicyclic) bond motifs is 1. The van der Waals surface area contributed by atoms with E-state index < -0.39 is 11.9 Å². The molecule has 1 heterocycles. The number of benzene rings is 2. The number of aliphatic carboxylic acids is 2. The molecule has 0 unspecified atom stereocenters. The van der Waals surface area contributed by atoms with E-state index in [0.717, 1.165) is 34.2 Å². The number of hydrogen-bond donors (Lipinski definition) is 2. The molecular formula is C27H27NO5. The number of carbonyl (C=O) groups is 2. The Hall–Kier alpha value is -3.98. The maximum absolute atomic E-state index is 11.4. The molecule has 0 aliphatic carbocycles. The number of hydrogen-bond acceptors (Lipinski definition) is 3. The molecule has 0 amide bonds. The second kappa shape index (κ2) is 11.6.